The lowest BCUT2D eigenvalue weighted by Crippen LogP contribution is -2.28. The monoisotopic (exact) mass is 351 g/mol. The van der Waals surface area contributed by atoms with Crippen molar-refractivity contribution >= 4 is 22.7 Å². The van der Waals surface area contributed by atoms with Gasteiger partial charge in [0.1, 0.15) is 5.82 Å². The van der Waals surface area contributed by atoms with Crippen LogP contribution in [0.4, 0.5) is 11.8 Å². The maximum atomic E-state index is 4.75. The Morgan fingerprint density at radius 2 is 2.12 bits per heavy atom. The Labute approximate surface area is 153 Å². The van der Waals surface area contributed by atoms with Gasteiger partial charge in [-0.15, -0.1) is 0 Å². The molecule has 3 aromatic rings. The molecule has 0 spiro atoms. The quantitative estimate of drug-likeness (QED) is 0.749. The van der Waals surface area contributed by atoms with Crippen LogP contribution in [0.25, 0.3) is 10.9 Å². The van der Waals surface area contributed by atoms with Crippen LogP contribution in [0.1, 0.15) is 22.5 Å². The van der Waals surface area contributed by atoms with Crippen molar-refractivity contribution in [1.82, 2.24) is 25.1 Å². The molecule has 0 amide bonds. The van der Waals surface area contributed by atoms with Gasteiger partial charge in [-0.2, -0.15) is 10.1 Å². The Morgan fingerprint density at radius 3 is 2.92 bits per heavy atom. The second-order valence-electron chi connectivity index (χ2n) is 7.06. The molecule has 26 heavy (non-hydrogen) atoms. The number of nitrogens with one attached hydrogen (secondary N) is 2. The summed E-state index contributed by atoms with van der Waals surface area (Å²) in [6.45, 7) is 4.50. The minimum absolute atomic E-state index is 0.643. The highest BCUT2D eigenvalue weighted by atomic mass is 15.3. The molecular weight excluding hydrogens is 326 g/mol. The third kappa shape index (κ3) is 2.99. The van der Waals surface area contributed by atoms with Gasteiger partial charge in [-0.3, -0.25) is 4.68 Å². The molecule has 1 aliphatic rings. The Balaban J connectivity index is 1.68. The van der Waals surface area contributed by atoms with Gasteiger partial charge >= 0.3 is 0 Å². The Hall–Kier alpha value is -2.67. The molecule has 0 aliphatic carbocycles. The van der Waals surface area contributed by atoms with Crippen LogP contribution in [-0.2, 0) is 26.6 Å². The van der Waals surface area contributed by atoms with Crippen molar-refractivity contribution < 1.29 is 0 Å². The number of benzene rings is 1. The summed E-state index contributed by atoms with van der Waals surface area (Å²) in [6, 6.07) is 6.45. The average molecular weight is 351 g/mol. The summed E-state index contributed by atoms with van der Waals surface area (Å²) in [7, 11) is 5.93. The van der Waals surface area contributed by atoms with E-state index >= 15 is 0 Å². The van der Waals surface area contributed by atoms with Gasteiger partial charge in [-0.1, -0.05) is 11.6 Å². The molecule has 7 nitrogen and oxygen atoms in total. The molecule has 2 aromatic heterocycles. The van der Waals surface area contributed by atoms with E-state index in [0.29, 0.717) is 6.54 Å². The smallest absolute Gasteiger partial charge is 0.227 e. The summed E-state index contributed by atoms with van der Waals surface area (Å²) < 4.78 is 1.94. The summed E-state index contributed by atoms with van der Waals surface area (Å²) in [5.74, 6) is 1.66. The number of rotatable bonds is 4. The van der Waals surface area contributed by atoms with E-state index < -0.39 is 0 Å². The highest BCUT2D eigenvalue weighted by Crippen LogP contribution is 2.25. The predicted molar refractivity (Wildman–Crippen MR) is 105 cm³/mol. The van der Waals surface area contributed by atoms with Gasteiger partial charge in [0, 0.05) is 38.6 Å². The molecule has 0 unspecified atom stereocenters. The Morgan fingerprint density at radius 1 is 1.27 bits per heavy atom. The van der Waals surface area contributed by atoms with E-state index in [9.17, 15) is 0 Å². The zero-order chi connectivity index (χ0) is 18.3. The van der Waals surface area contributed by atoms with Gasteiger partial charge in [0.25, 0.3) is 0 Å². The van der Waals surface area contributed by atoms with E-state index in [-0.39, 0.29) is 0 Å². The molecule has 1 aromatic carbocycles. The molecule has 4 rings (SSSR count). The number of hydrogen-bond acceptors (Lipinski definition) is 6. The number of aromatic nitrogens is 4. The number of aryl methyl sites for hydroxylation is 2. The van der Waals surface area contributed by atoms with E-state index in [1.54, 1.807) is 0 Å². The van der Waals surface area contributed by atoms with E-state index in [1.807, 2.05) is 30.7 Å². The first-order valence-electron chi connectivity index (χ1n) is 8.97. The van der Waals surface area contributed by atoms with Crippen molar-refractivity contribution in [2.45, 2.75) is 26.4 Å². The molecule has 0 fully saturated rings. The lowest BCUT2D eigenvalue weighted by Gasteiger charge is -2.22. The fraction of sp³-hybridized carbons (Fsp3) is 0.421. The van der Waals surface area contributed by atoms with Crippen molar-refractivity contribution in [3.63, 3.8) is 0 Å². The first-order valence-corrected chi connectivity index (χ1v) is 8.97. The second-order valence-corrected chi connectivity index (χ2v) is 7.06. The fourth-order valence-corrected chi connectivity index (χ4v) is 3.44. The van der Waals surface area contributed by atoms with Crippen molar-refractivity contribution in [1.29, 1.82) is 0 Å². The number of nitrogens with zero attached hydrogens (tertiary/aromatic N) is 5. The SMILES string of the molecule is Cc1ccc2c(c1)c(CNc1nc(N(C)C)nc3c1CCNC3)nn2C. The van der Waals surface area contributed by atoms with Crippen LogP contribution in [0.5, 0.6) is 0 Å². The van der Waals surface area contributed by atoms with Crippen molar-refractivity contribution in [2.75, 3.05) is 30.9 Å². The molecule has 2 N–H and O–H groups in total. The molecule has 0 saturated heterocycles. The fourth-order valence-electron chi connectivity index (χ4n) is 3.44. The second kappa shape index (κ2) is 6.57. The molecule has 0 atom stereocenters. The lowest BCUT2D eigenvalue weighted by atomic mass is 10.1. The van der Waals surface area contributed by atoms with E-state index in [2.05, 4.69) is 40.7 Å². The maximum Gasteiger partial charge on any atom is 0.227 e. The van der Waals surface area contributed by atoms with E-state index in [1.165, 1.54) is 16.5 Å². The summed E-state index contributed by atoms with van der Waals surface area (Å²) in [5, 5.41) is 12.8. The van der Waals surface area contributed by atoms with E-state index in [0.717, 1.165) is 48.2 Å². The van der Waals surface area contributed by atoms with E-state index in [4.69, 9.17) is 10.1 Å². The lowest BCUT2D eigenvalue weighted by molar-refractivity contribution is 0.623. The van der Waals surface area contributed by atoms with Gasteiger partial charge in [0.15, 0.2) is 0 Å². The first kappa shape index (κ1) is 16.8. The molecule has 1 aliphatic heterocycles. The average Bonchev–Trinajstić information content (AvgIpc) is 2.94. The van der Waals surface area contributed by atoms with Gasteiger partial charge in [0.05, 0.1) is 23.4 Å². The first-order chi connectivity index (χ1) is 12.5. The Bertz CT molecular complexity index is 958. The van der Waals surface area contributed by atoms with Crippen LogP contribution in [0.3, 0.4) is 0 Å². The van der Waals surface area contributed by atoms with Crippen LogP contribution < -0.4 is 15.5 Å². The minimum Gasteiger partial charge on any atom is -0.364 e. The molecule has 136 valence electrons. The minimum atomic E-state index is 0.643. The highest BCUT2D eigenvalue weighted by molar-refractivity contribution is 5.83. The topological polar surface area (TPSA) is 70.9 Å². The zero-order valence-electron chi connectivity index (χ0n) is 15.8. The van der Waals surface area contributed by atoms with Crippen LogP contribution in [0.15, 0.2) is 18.2 Å². The predicted octanol–water partition coefficient (Wildman–Crippen LogP) is 2.00. The third-order valence-electron chi connectivity index (χ3n) is 4.83. The molecule has 3 heterocycles. The van der Waals surface area contributed by atoms with Gasteiger partial charge in [-0.25, -0.2) is 4.98 Å². The number of anilines is 2. The summed E-state index contributed by atoms with van der Waals surface area (Å²) in [6.07, 6.45) is 0.938. The highest BCUT2D eigenvalue weighted by Gasteiger charge is 2.19. The molecule has 7 heteroatoms. The third-order valence-corrected chi connectivity index (χ3v) is 4.83. The molecule has 0 saturated carbocycles. The van der Waals surface area contributed by atoms with Gasteiger partial charge in [-0.05, 0) is 32.0 Å². The van der Waals surface area contributed by atoms with Gasteiger partial charge < -0.3 is 15.5 Å². The van der Waals surface area contributed by atoms with Crippen molar-refractivity contribution in [3.05, 3.63) is 40.7 Å². The normalized spacial score (nSPS) is 13.7. The zero-order valence-corrected chi connectivity index (χ0v) is 15.8. The summed E-state index contributed by atoms with van der Waals surface area (Å²) in [4.78, 5) is 11.4. The van der Waals surface area contributed by atoms with Gasteiger partial charge in [0.2, 0.25) is 5.95 Å². The number of hydrogen-bond donors (Lipinski definition) is 2. The van der Waals surface area contributed by atoms with Crippen molar-refractivity contribution in [2.24, 2.45) is 7.05 Å². The summed E-state index contributed by atoms with van der Waals surface area (Å²) >= 11 is 0. The van der Waals surface area contributed by atoms with Crippen LogP contribution in [-0.4, -0.2) is 40.4 Å². The molecule has 0 radical (unpaired) electrons. The molecule has 0 bridgehead atoms. The van der Waals surface area contributed by atoms with Crippen molar-refractivity contribution in [3.8, 4) is 0 Å². The standard InChI is InChI=1S/C19H25N7/c1-12-5-6-17-14(9-12)16(24-26(17)4)11-21-18-13-7-8-20-10-15(13)22-19(23-18)25(2)3/h5-6,9,20H,7-8,10-11H2,1-4H3,(H,21,22,23). The summed E-state index contributed by atoms with van der Waals surface area (Å²) in [5.41, 5.74) is 5.73. The maximum absolute atomic E-state index is 4.75. The molecular formula is C19H25N7. The Kier molecular flexibility index (Phi) is 4.24. The van der Waals surface area contributed by atoms with Crippen LogP contribution in [0.2, 0.25) is 0 Å². The largest absolute Gasteiger partial charge is 0.364 e. The number of fused-ring (bicyclic) bond motifs is 2. The van der Waals surface area contributed by atoms with Crippen LogP contribution in [0, 0.1) is 6.92 Å². The van der Waals surface area contributed by atoms with Crippen LogP contribution >= 0.6 is 0 Å².